The van der Waals surface area contributed by atoms with Gasteiger partial charge in [0.2, 0.25) is 0 Å². The lowest BCUT2D eigenvalue weighted by Crippen LogP contribution is -2.17. The van der Waals surface area contributed by atoms with Gasteiger partial charge in [0, 0.05) is 16.5 Å². The lowest BCUT2D eigenvalue weighted by Gasteiger charge is -2.01. The first-order valence-electron chi connectivity index (χ1n) is 6.70. The number of rotatable bonds is 5. The Kier molecular flexibility index (Phi) is 5.79. The van der Waals surface area contributed by atoms with E-state index in [1.54, 1.807) is 41.8 Å². The third-order valence-electron chi connectivity index (χ3n) is 2.94. The molecule has 3 N–H and O–H groups in total. The van der Waals surface area contributed by atoms with Crippen molar-refractivity contribution in [1.29, 1.82) is 0 Å². The number of aryl methyl sites for hydroxylation is 1. The lowest BCUT2D eigenvalue weighted by atomic mass is 10.1. The van der Waals surface area contributed by atoms with Crippen LogP contribution in [0.1, 0.15) is 26.4 Å². The van der Waals surface area contributed by atoms with Crippen molar-refractivity contribution in [2.75, 3.05) is 0 Å². The van der Waals surface area contributed by atoms with Crippen molar-refractivity contribution in [2.45, 2.75) is 6.92 Å². The Balaban J connectivity index is 2.02. The first-order valence-corrected chi connectivity index (χ1v) is 7.58. The predicted molar refractivity (Wildman–Crippen MR) is 89.5 cm³/mol. The summed E-state index contributed by atoms with van der Waals surface area (Å²) in [7, 11) is 0. The minimum Gasteiger partial charge on any atom is -0.288 e. The average molecular weight is 329 g/mol. The number of hydrogen-bond donors (Lipinski definition) is 3. The number of benzene rings is 1. The molecule has 0 atom stereocenters. The zero-order valence-corrected chi connectivity index (χ0v) is 13.1. The van der Waals surface area contributed by atoms with Crippen molar-refractivity contribution in [3.8, 4) is 0 Å². The molecule has 0 bridgehead atoms. The second-order valence-corrected chi connectivity index (χ2v) is 5.55. The van der Waals surface area contributed by atoms with Crippen LogP contribution in [0.2, 0.25) is 0 Å². The Morgan fingerprint density at radius 3 is 2.83 bits per heavy atom. The van der Waals surface area contributed by atoms with Crippen molar-refractivity contribution in [3.63, 3.8) is 0 Å². The van der Waals surface area contributed by atoms with Crippen molar-refractivity contribution >= 4 is 35.4 Å². The number of carbonyl (C=O) groups is 2. The second-order valence-electron chi connectivity index (χ2n) is 4.60. The number of carbonyl (C=O) groups excluding carboxylic acids is 2. The van der Waals surface area contributed by atoms with Crippen LogP contribution >= 0.6 is 11.3 Å². The third kappa shape index (κ3) is 4.87. The summed E-state index contributed by atoms with van der Waals surface area (Å²) in [6.07, 6.45) is 4.25. The molecule has 0 aliphatic rings. The van der Waals surface area contributed by atoms with Gasteiger partial charge >= 0.3 is 0 Å². The number of nitrogens with one attached hydrogen (secondary N) is 2. The maximum atomic E-state index is 12.0. The van der Waals surface area contributed by atoms with Gasteiger partial charge in [-0.1, -0.05) is 12.1 Å². The number of nitrogens with zero attached hydrogens (tertiary/aromatic N) is 1. The highest BCUT2D eigenvalue weighted by Crippen LogP contribution is 2.12. The molecule has 0 saturated carbocycles. The lowest BCUT2D eigenvalue weighted by molar-refractivity contribution is -0.124. The monoisotopic (exact) mass is 329 g/mol. The van der Waals surface area contributed by atoms with Gasteiger partial charge in [0.1, 0.15) is 0 Å². The fourth-order valence-electron chi connectivity index (χ4n) is 1.72. The zero-order chi connectivity index (χ0) is 16.7. The molecule has 0 aliphatic heterocycles. The fourth-order valence-corrected chi connectivity index (χ4v) is 2.51. The van der Waals surface area contributed by atoms with Crippen molar-refractivity contribution in [3.05, 3.63) is 63.4 Å². The molecule has 0 aliphatic carbocycles. The van der Waals surface area contributed by atoms with Crippen LogP contribution in [0.5, 0.6) is 0 Å². The maximum absolute atomic E-state index is 12.0. The molecule has 118 valence electrons. The largest absolute Gasteiger partial charge is 0.288 e. The van der Waals surface area contributed by atoms with E-state index in [1.165, 1.54) is 11.6 Å². The number of hydroxylamine groups is 1. The Bertz CT molecular complexity index is 765. The van der Waals surface area contributed by atoms with Crippen LogP contribution in [-0.2, 0) is 4.79 Å². The van der Waals surface area contributed by atoms with Crippen LogP contribution < -0.4 is 10.9 Å². The Labute approximate surface area is 137 Å². The van der Waals surface area contributed by atoms with Gasteiger partial charge in [0.05, 0.1) is 6.21 Å². The third-order valence-corrected chi connectivity index (χ3v) is 3.89. The molecular formula is C16H15N3O3S. The molecule has 2 aromatic rings. The van der Waals surface area contributed by atoms with Crippen LogP contribution in [0.15, 0.2) is 46.9 Å². The number of thiophene rings is 1. The van der Waals surface area contributed by atoms with Crippen LogP contribution in [-0.4, -0.2) is 23.2 Å². The maximum Gasteiger partial charge on any atom is 0.271 e. The summed E-state index contributed by atoms with van der Waals surface area (Å²) in [4.78, 5) is 24.0. The van der Waals surface area contributed by atoms with E-state index < -0.39 is 5.91 Å². The van der Waals surface area contributed by atoms with Crippen molar-refractivity contribution < 1.29 is 14.8 Å². The predicted octanol–water partition coefficient (Wildman–Crippen LogP) is 2.34. The van der Waals surface area contributed by atoms with E-state index in [0.29, 0.717) is 11.1 Å². The SMILES string of the molecule is Cc1ccsc1C=NNC(=O)c1cccc(C=CC(=O)NO)c1. The minimum absolute atomic E-state index is 0.350. The normalized spacial score (nSPS) is 11.0. The van der Waals surface area contributed by atoms with Crippen LogP contribution in [0, 0.1) is 6.92 Å². The molecule has 0 spiro atoms. The zero-order valence-electron chi connectivity index (χ0n) is 12.3. The van der Waals surface area contributed by atoms with E-state index in [1.807, 2.05) is 18.4 Å². The van der Waals surface area contributed by atoms with Gasteiger partial charge in [-0.05, 0) is 47.7 Å². The summed E-state index contributed by atoms with van der Waals surface area (Å²) in [6, 6.07) is 8.66. The van der Waals surface area contributed by atoms with Gasteiger partial charge in [-0.3, -0.25) is 14.8 Å². The Morgan fingerprint density at radius 2 is 2.13 bits per heavy atom. The molecule has 0 saturated heterocycles. The summed E-state index contributed by atoms with van der Waals surface area (Å²) < 4.78 is 0. The Hall–Kier alpha value is -2.77. The first-order chi connectivity index (χ1) is 11.1. The standard InChI is InChI=1S/C16H15N3O3S/c1-11-7-8-23-14(11)10-17-18-16(21)13-4-2-3-12(9-13)5-6-15(20)19-22/h2-10,22H,1H3,(H,18,21)(H,19,20). The van der Waals surface area contributed by atoms with Gasteiger partial charge < -0.3 is 0 Å². The van der Waals surface area contributed by atoms with E-state index in [-0.39, 0.29) is 5.91 Å². The molecule has 2 amide bonds. The molecule has 1 aromatic heterocycles. The van der Waals surface area contributed by atoms with Crippen LogP contribution in [0.4, 0.5) is 0 Å². The van der Waals surface area contributed by atoms with E-state index in [9.17, 15) is 9.59 Å². The van der Waals surface area contributed by atoms with Gasteiger partial charge in [0.25, 0.3) is 11.8 Å². The summed E-state index contributed by atoms with van der Waals surface area (Å²) in [5.41, 5.74) is 6.12. The molecule has 6 nitrogen and oxygen atoms in total. The highest BCUT2D eigenvalue weighted by atomic mass is 32.1. The molecule has 2 rings (SSSR count). The topological polar surface area (TPSA) is 90.8 Å². The van der Waals surface area contributed by atoms with Crippen LogP contribution in [0.25, 0.3) is 6.08 Å². The summed E-state index contributed by atoms with van der Waals surface area (Å²) >= 11 is 1.54. The highest BCUT2D eigenvalue weighted by Gasteiger charge is 2.04. The van der Waals surface area contributed by atoms with E-state index in [0.717, 1.165) is 16.5 Å². The Morgan fingerprint density at radius 1 is 1.30 bits per heavy atom. The molecule has 0 radical (unpaired) electrons. The van der Waals surface area contributed by atoms with Gasteiger partial charge in [-0.2, -0.15) is 5.10 Å². The first kappa shape index (κ1) is 16.6. The summed E-state index contributed by atoms with van der Waals surface area (Å²) in [5.74, 6) is -0.993. The summed E-state index contributed by atoms with van der Waals surface area (Å²) in [6.45, 7) is 1.97. The van der Waals surface area contributed by atoms with Gasteiger partial charge in [-0.25, -0.2) is 10.9 Å². The van der Waals surface area contributed by atoms with Crippen molar-refractivity contribution in [1.82, 2.24) is 10.9 Å². The number of hydrogen-bond acceptors (Lipinski definition) is 5. The second kappa shape index (κ2) is 8.02. The fraction of sp³-hybridized carbons (Fsp3) is 0.0625. The smallest absolute Gasteiger partial charge is 0.271 e. The van der Waals surface area contributed by atoms with E-state index in [2.05, 4.69) is 10.5 Å². The number of amides is 2. The van der Waals surface area contributed by atoms with Crippen LogP contribution in [0.3, 0.4) is 0 Å². The summed E-state index contributed by atoms with van der Waals surface area (Å²) in [5, 5.41) is 14.3. The van der Waals surface area contributed by atoms with Gasteiger partial charge in [-0.15, -0.1) is 11.3 Å². The molecule has 7 heteroatoms. The van der Waals surface area contributed by atoms with Gasteiger partial charge in [0.15, 0.2) is 0 Å². The average Bonchev–Trinajstić information content (AvgIpc) is 2.98. The highest BCUT2D eigenvalue weighted by molar-refractivity contribution is 7.11. The minimum atomic E-state index is -0.643. The molecule has 23 heavy (non-hydrogen) atoms. The number of hydrazone groups is 1. The molecule has 0 fully saturated rings. The van der Waals surface area contributed by atoms with E-state index in [4.69, 9.17) is 5.21 Å². The molecular weight excluding hydrogens is 314 g/mol. The van der Waals surface area contributed by atoms with Crippen molar-refractivity contribution in [2.24, 2.45) is 5.10 Å². The molecule has 0 unspecified atom stereocenters. The quantitative estimate of drug-likeness (QED) is 0.340. The van der Waals surface area contributed by atoms with E-state index >= 15 is 0 Å². The molecule has 1 heterocycles. The molecule has 1 aromatic carbocycles.